The van der Waals surface area contributed by atoms with Gasteiger partial charge in [0.15, 0.2) is 0 Å². The molecule has 1 aliphatic rings. The number of allylic oxidation sites excluding steroid dienone is 4. The lowest BCUT2D eigenvalue weighted by Gasteiger charge is -2.18. The number of hydrogen-bond acceptors (Lipinski definition) is 1. The first-order valence-corrected chi connectivity index (χ1v) is 5.72. The minimum Gasteiger partial charge on any atom is -0.299 e. The van der Waals surface area contributed by atoms with Crippen molar-refractivity contribution >= 4 is 11.9 Å². The van der Waals surface area contributed by atoms with E-state index in [1.807, 2.05) is 6.92 Å². The average molecular weight is 212 g/mol. The van der Waals surface area contributed by atoms with Gasteiger partial charge in [-0.15, -0.1) is 0 Å². The Morgan fingerprint density at radius 2 is 2.06 bits per heavy atom. The van der Waals surface area contributed by atoms with Gasteiger partial charge in [-0.2, -0.15) is 0 Å². The molecule has 0 saturated carbocycles. The first kappa shape index (κ1) is 10.9. The first-order valence-electron chi connectivity index (χ1n) is 5.72. The third-order valence-corrected chi connectivity index (χ3v) is 2.99. The van der Waals surface area contributed by atoms with E-state index < -0.39 is 0 Å². The predicted molar refractivity (Wildman–Crippen MR) is 67.2 cm³/mol. The Bertz CT molecular complexity index is 452. The predicted octanol–water partition coefficient (Wildman–Crippen LogP) is 3.55. The number of aryl methyl sites for hydroxylation is 1. The number of aldehydes is 1. The lowest BCUT2D eigenvalue weighted by Crippen LogP contribution is -2.01. The average Bonchev–Trinajstić information content (AvgIpc) is 2.30. The highest BCUT2D eigenvalue weighted by Gasteiger charge is 2.12. The molecule has 2 rings (SSSR count). The number of carbonyl (C=O) groups is 1. The van der Waals surface area contributed by atoms with Crippen molar-refractivity contribution in [2.24, 2.45) is 0 Å². The Kier molecular flexibility index (Phi) is 3.35. The van der Waals surface area contributed by atoms with Crippen molar-refractivity contribution in [3.8, 4) is 0 Å². The molecule has 0 N–H and O–H groups in total. The summed E-state index contributed by atoms with van der Waals surface area (Å²) in [5, 5.41) is 0. The molecule has 0 aliphatic heterocycles. The Balaban J connectivity index is 2.38. The van der Waals surface area contributed by atoms with Crippen molar-refractivity contribution < 1.29 is 4.79 Å². The van der Waals surface area contributed by atoms with E-state index in [1.165, 1.54) is 29.5 Å². The van der Waals surface area contributed by atoms with E-state index in [0.29, 0.717) is 0 Å². The van der Waals surface area contributed by atoms with Crippen LogP contribution in [0.4, 0.5) is 0 Å². The molecular formula is C15H16O. The lowest BCUT2D eigenvalue weighted by atomic mass is 9.86. The van der Waals surface area contributed by atoms with Crippen LogP contribution in [-0.2, 0) is 11.2 Å². The van der Waals surface area contributed by atoms with Gasteiger partial charge < -0.3 is 0 Å². The van der Waals surface area contributed by atoms with Crippen LogP contribution in [0.2, 0.25) is 0 Å². The fourth-order valence-electron chi connectivity index (χ4n) is 2.24. The van der Waals surface area contributed by atoms with Crippen LogP contribution in [0.25, 0.3) is 5.57 Å². The van der Waals surface area contributed by atoms with Gasteiger partial charge in [-0.05, 0) is 54.5 Å². The minimum absolute atomic E-state index is 0.848. The van der Waals surface area contributed by atoms with Crippen LogP contribution in [0.3, 0.4) is 0 Å². The molecule has 82 valence electrons. The van der Waals surface area contributed by atoms with E-state index in [-0.39, 0.29) is 0 Å². The second-order valence-electron chi connectivity index (χ2n) is 4.23. The van der Waals surface area contributed by atoms with Crippen LogP contribution in [0.15, 0.2) is 42.0 Å². The van der Waals surface area contributed by atoms with Gasteiger partial charge in [-0.1, -0.05) is 30.3 Å². The number of carbonyl (C=O) groups excluding carboxylic acids is 1. The molecule has 0 aromatic heterocycles. The maximum Gasteiger partial charge on any atom is 0.143 e. The van der Waals surface area contributed by atoms with Gasteiger partial charge in [0.05, 0.1) is 0 Å². The highest BCUT2D eigenvalue weighted by atomic mass is 16.1. The Morgan fingerprint density at radius 1 is 1.25 bits per heavy atom. The zero-order valence-corrected chi connectivity index (χ0v) is 9.57. The lowest BCUT2D eigenvalue weighted by molar-refractivity contribution is -0.104. The summed E-state index contributed by atoms with van der Waals surface area (Å²) < 4.78 is 0. The largest absolute Gasteiger partial charge is 0.299 e. The third-order valence-electron chi connectivity index (χ3n) is 2.99. The topological polar surface area (TPSA) is 17.1 Å². The summed E-state index contributed by atoms with van der Waals surface area (Å²) in [6, 6.07) is 8.54. The van der Waals surface area contributed by atoms with Crippen molar-refractivity contribution in [2.45, 2.75) is 26.2 Å². The highest BCUT2D eigenvalue weighted by Crippen LogP contribution is 2.31. The smallest absolute Gasteiger partial charge is 0.143 e. The maximum atomic E-state index is 10.4. The standard InChI is InChI=1S/C15H16O/c1-12(9-10-16)11-14-7-4-6-13-5-2-3-8-15(13)14/h2-3,5,8-11H,4,6-7H2,1H3/b12-9+,14-11+. The normalized spacial score (nSPS) is 18.3. The fourth-order valence-corrected chi connectivity index (χ4v) is 2.24. The summed E-state index contributed by atoms with van der Waals surface area (Å²) >= 11 is 0. The maximum absolute atomic E-state index is 10.4. The molecule has 1 aromatic carbocycles. The molecule has 0 atom stereocenters. The molecule has 1 aromatic rings. The molecule has 0 radical (unpaired) electrons. The zero-order valence-electron chi connectivity index (χ0n) is 9.57. The number of hydrogen-bond donors (Lipinski definition) is 0. The molecule has 0 heterocycles. The minimum atomic E-state index is 0.848. The van der Waals surface area contributed by atoms with Crippen LogP contribution in [0, 0.1) is 0 Å². The van der Waals surface area contributed by atoms with Crippen LogP contribution in [0.5, 0.6) is 0 Å². The molecule has 16 heavy (non-hydrogen) atoms. The third kappa shape index (κ3) is 2.30. The van der Waals surface area contributed by atoms with Crippen LogP contribution in [0.1, 0.15) is 30.9 Å². The van der Waals surface area contributed by atoms with Crippen LogP contribution in [-0.4, -0.2) is 6.29 Å². The van der Waals surface area contributed by atoms with Crippen molar-refractivity contribution in [1.82, 2.24) is 0 Å². The van der Waals surface area contributed by atoms with Crippen molar-refractivity contribution in [3.05, 3.63) is 53.1 Å². The monoisotopic (exact) mass is 212 g/mol. The van der Waals surface area contributed by atoms with Gasteiger partial charge in [0.2, 0.25) is 0 Å². The van der Waals surface area contributed by atoms with E-state index in [1.54, 1.807) is 6.08 Å². The van der Waals surface area contributed by atoms with Gasteiger partial charge >= 0.3 is 0 Å². The Labute approximate surface area is 96.5 Å². The van der Waals surface area contributed by atoms with Gasteiger partial charge in [0.25, 0.3) is 0 Å². The van der Waals surface area contributed by atoms with E-state index in [2.05, 4.69) is 30.3 Å². The van der Waals surface area contributed by atoms with E-state index in [9.17, 15) is 4.79 Å². The summed E-state index contributed by atoms with van der Waals surface area (Å²) in [5.41, 5.74) is 5.17. The Morgan fingerprint density at radius 3 is 2.88 bits per heavy atom. The summed E-state index contributed by atoms with van der Waals surface area (Å²) in [6.45, 7) is 1.97. The van der Waals surface area contributed by atoms with Gasteiger partial charge in [-0.3, -0.25) is 4.79 Å². The second-order valence-corrected chi connectivity index (χ2v) is 4.23. The number of fused-ring (bicyclic) bond motifs is 1. The van der Waals surface area contributed by atoms with Crippen LogP contribution >= 0.6 is 0 Å². The molecular weight excluding hydrogens is 196 g/mol. The summed E-state index contributed by atoms with van der Waals surface area (Å²) in [6.07, 6.45) is 8.08. The molecule has 1 aliphatic carbocycles. The van der Waals surface area contributed by atoms with E-state index >= 15 is 0 Å². The second kappa shape index (κ2) is 4.93. The molecule has 0 bridgehead atoms. The first-order chi connectivity index (χ1) is 7.81. The Hall–Kier alpha value is -1.63. The number of rotatable bonds is 2. The van der Waals surface area contributed by atoms with E-state index in [0.717, 1.165) is 18.3 Å². The summed E-state index contributed by atoms with van der Waals surface area (Å²) in [7, 11) is 0. The molecule has 0 saturated heterocycles. The summed E-state index contributed by atoms with van der Waals surface area (Å²) in [5.74, 6) is 0. The SMILES string of the molecule is CC(=C\C=O)/C=C1\CCCc2ccccc21. The number of benzene rings is 1. The van der Waals surface area contributed by atoms with Crippen LogP contribution < -0.4 is 0 Å². The van der Waals surface area contributed by atoms with Crippen molar-refractivity contribution in [1.29, 1.82) is 0 Å². The van der Waals surface area contributed by atoms with Gasteiger partial charge in [0, 0.05) is 0 Å². The summed E-state index contributed by atoms with van der Waals surface area (Å²) in [4.78, 5) is 10.4. The quantitative estimate of drug-likeness (QED) is 0.541. The van der Waals surface area contributed by atoms with E-state index in [4.69, 9.17) is 0 Å². The highest BCUT2D eigenvalue weighted by molar-refractivity contribution is 5.74. The van der Waals surface area contributed by atoms with Crippen molar-refractivity contribution in [3.63, 3.8) is 0 Å². The molecule has 1 nitrogen and oxygen atoms in total. The molecule has 0 amide bonds. The molecule has 0 spiro atoms. The molecule has 0 fully saturated rings. The molecule has 0 unspecified atom stereocenters. The zero-order chi connectivity index (χ0) is 11.4. The van der Waals surface area contributed by atoms with Crippen molar-refractivity contribution in [2.75, 3.05) is 0 Å². The molecule has 1 heteroatoms. The fraction of sp³-hybridized carbons (Fsp3) is 0.267. The van der Waals surface area contributed by atoms with Gasteiger partial charge in [0.1, 0.15) is 6.29 Å². The van der Waals surface area contributed by atoms with Gasteiger partial charge in [-0.25, -0.2) is 0 Å².